The van der Waals surface area contributed by atoms with Crippen LogP contribution in [0.5, 0.6) is 11.5 Å². The van der Waals surface area contributed by atoms with Gasteiger partial charge in [-0.15, -0.1) is 0 Å². The summed E-state index contributed by atoms with van der Waals surface area (Å²) in [6.45, 7) is 1.49. The van der Waals surface area contributed by atoms with E-state index in [9.17, 15) is 19.8 Å². The SMILES string of the molecule is COc1ccc(C(OC[C@H]2O[C@@H](n3cc(C)c(NC(=O)c4ccccc4)nc3=O)[C@H](O)[C@@H]2O)(c2ccccc2)c2ccc(OC)cc2)cc1. The van der Waals surface area contributed by atoms with Crippen LogP contribution in [0.15, 0.2) is 120 Å². The van der Waals surface area contributed by atoms with Gasteiger partial charge in [0.2, 0.25) is 0 Å². The van der Waals surface area contributed by atoms with Gasteiger partial charge >= 0.3 is 5.69 Å². The molecule has 4 atom stereocenters. The molecule has 0 radical (unpaired) electrons. The highest BCUT2D eigenvalue weighted by atomic mass is 16.6. The number of rotatable bonds is 11. The summed E-state index contributed by atoms with van der Waals surface area (Å²) in [7, 11) is 3.19. The quantitative estimate of drug-likeness (QED) is 0.175. The van der Waals surface area contributed by atoms with Crippen molar-refractivity contribution in [1.29, 1.82) is 0 Å². The van der Waals surface area contributed by atoms with Crippen molar-refractivity contribution in [2.45, 2.75) is 37.1 Å². The number of hydrogen-bond donors (Lipinski definition) is 3. The summed E-state index contributed by atoms with van der Waals surface area (Å²) in [6.07, 6.45) is -3.76. The fourth-order valence-corrected chi connectivity index (χ4v) is 6.02. The van der Waals surface area contributed by atoms with Crippen LogP contribution in [0.1, 0.15) is 38.8 Å². The number of benzene rings is 4. The van der Waals surface area contributed by atoms with E-state index < -0.39 is 41.7 Å². The summed E-state index contributed by atoms with van der Waals surface area (Å²) in [5.74, 6) is 0.991. The molecule has 1 amide bonds. The Labute approximate surface area is 283 Å². The molecule has 3 N–H and O–H groups in total. The standard InChI is InChI=1S/C38H37N3O8/c1-24-22-41(37(45)40-34(24)39-35(44)25-10-6-4-7-11-25)36-33(43)32(42)31(49-36)23-48-38(26-12-8-5-9-13-26,27-14-18-29(46-2)19-15-27)28-16-20-30(47-3)21-17-28/h4-22,31-33,36,42-43H,23H2,1-3H3,(H,39,40,44,45)/t31-,32-,33-,36-/m1/s1. The normalized spacial score (nSPS) is 19.0. The lowest BCUT2D eigenvalue weighted by molar-refractivity contribution is -0.0958. The number of hydrogen-bond acceptors (Lipinski definition) is 9. The molecule has 1 aliphatic heterocycles. The van der Waals surface area contributed by atoms with Crippen LogP contribution in [-0.4, -0.2) is 64.8 Å². The number of anilines is 1. The largest absolute Gasteiger partial charge is 0.497 e. The maximum atomic E-state index is 13.2. The van der Waals surface area contributed by atoms with Gasteiger partial charge in [-0.1, -0.05) is 72.8 Å². The van der Waals surface area contributed by atoms with Crippen molar-refractivity contribution >= 4 is 11.7 Å². The van der Waals surface area contributed by atoms with Gasteiger partial charge in [0, 0.05) is 17.3 Å². The molecule has 0 spiro atoms. The predicted octanol–water partition coefficient (Wildman–Crippen LogP) is 4.45. The zero-order valence-corrected chi connectivity index (χ0v) is 27.2. The first-order valence-electron chi connectivity index (χ1n) is 15.7. The fraction of sp³-hybridized carbons (Fsp3) is 0.237. The van der Waals surface area contributed by atoms with E-state index in [-0.39, 0.29) is 12.4 Å². The van der Waals surface area contributed by atoms with Crippen LogP contribution in [0.25, 0.3) is 0 Å². The third kappa shape index (κ3) is 6.70. The van der Waals surface area contributed by atoms with Crippen molar-refractivity contribution in [3.63, 3.8) is 0 Å². The molecule has 2 heterocycles. The molecular formula is C38H37N3O8. The van der Waals surface area contributed by atoms with Crippen LogP contribution in [0.4, 0.5) is 5.82 Å². The number of aliphatic hydroxyl groups is 2. The van der Waals surface area contributed by atoms with Gasteiger partial charge in [0.1, 0.15) is 41.2 Å². The van der Waals surface area contributed by atoms with E-state index >= 15 is 0 Å². The van der Waals surface area contributed by atoms with Gasteiger partial charge in [-0.25, -0.2) is 4.79 Å². The van der Waals surface area contributed by atoms with Crippen molar-refractivity contribution in [2.24, 2.45) is 0 Å². The van der Waals surface area contributed by atoms with Crippen molar-refractivity contribution < 1.29 is 34.0 Å². The lowest BCUT2D eigenvalue weighted by Gasteiger charge is -2.37. The monoisotopic (exact) mass is 663 g/mol. The molecule has 5 aromatic rings. The molecule has 252 valence electrons. The Balaban J connectivity index is 1.31. The number of amides is 1. The number of ether oxygens (including phenoxy) is 4. The van der Waals surface area contributed by atoms with Gasteiger partial charge in [-0.05, 0) is 60.0 Å². The van der Waals surface area contributed by atoms with E-state index in [2.05, 4.69) is 10.3 Å². The molecule has 0 bridgehead atoms. The summed E-state index contributed by atoms with van der Waals surface area (Å²) >= 11 is 0. The van der Waals surface area contributed by atoms with Crippen LogP contribution < -0.4 is 20.5 Å². The van der Waals surface area contributed by atoms with Gasteiger partial charge in [0.05, 0.1) is 20.8 Å². The number of nitrogens with zero attached hydrogens (tertiary/aromatic N) is 2. The van der Waals surface area contributed by atoms with Crippen molar-refractivity contribution in [1.82, 2.24) is 9.55 Å². The number of methoxy groups -OCH3 is 2. The fourth-order valence-electron chi connectivity index (χ4n) is 6.02. The molecule has 11 heteroatoms. The molecule has 49 heavy (non-hydrogen) atoms. The van der Waals surface area contributed by atoms with Gasteiger partial charge in [0.25, 0.3) is 5.91 Å². The summed E-state index contributed by atoms with van der Waals surface area (Å²) in [5, 5.41) is 25.0. The number of aromatic nitrogens is 2. The van der Waals surface area contributed by atoms with Crippen LogP contribution in [-0.2, 0) is 15.1 Å². The second-order valence-corrected chi connectivity index (χ2v) is 11.6. The molecule has 0 aliphatic carbocycles. The Kier molecular flexibility index (Phi) is 9.88. The zero-order chi connectivity index (χ0) is 34.5. The van der Waals surface area contributed by atoms with Crippen LogP contribution >= 0.6 is 0 Å². The predicted molar refractivity (Wildman–Crippen MR) is 182 cm³/mol. The van der Waals surface area contributed by atoms with Gasteiger partial charge < -0.3 is 34.5 Å². The third-order valence-corrected chi connectivity index (χ3v) is 8.65. The van der Waals surface area contributed by atoms with Crippen LogP contribution in [0, 0.1) is 6.92 Å². The smallest absolute Gasteiger partial charge is 0.351 e. The van der Waals surface area contributed by atoms with Crippen molar-refractivity contribution in [3.8, 4) is 11.5 Å². The summed E-state index contributed by atoms with van der Waals surface area (Å²) < 4.78 is 24.9. The number of carbonyl (C=O) groups is 1. The third-order valence-electron chi connectivity index (χ3n) is 8.65. The molecule has 1 aliphatic rings. The molecule has 1 saturated heterocycles. The summed E-state index contributed by atoms with van der Waals surface area (Å²) in [4.78, 5) is 30.0. The Morgan fingerprint density at radius 3 is 1.90 bits per heavy atom. The molecule has 11 nitrogen and oxygen atoms in total. The first-order valence-corrected chi connectivity index (χ1v) is 15.7. The molecule has 1 fully saturated rings. The van der Waals surface area contributed by atoms with Gasteiger partial charge in [-0.3, -0.25) is 9.36 Å². The Morgan fingerprint density at radius 2 is 1.35 bits per heavy atom. The Hall–Kier alpha value is -5.33. The van der Waals surface area contributed by atoms with Gasteiger partial charge in [0.15, 0.2) is 6.23 Å². The zero-order valence-electron chi connectivity index (χ0n) is 27.2. The highest BCUT2D eigenvalue weighted by Gasteiger charge is 2.47. The molecule has 0 saturated carbocycles. The Morgan fingerprint density at radius 1 is 0.816 bits per heavy atom. The van der Waals surface area contributed by atoms with Crippen LogP contribution in [0.3, 0.4) is 0 Å². The number of aliphatic hydroxyl groups excluding tert-OH is 2. The second kappa shape index (κ2) is 14.4. The molecular weight excluding hydrogens is 626 g/mol. The minimum atomic E-state index is -1.48. The molecule has 1 aromatic heterocycles. The molecule has 0 unspecified atom stereocenters. The average molecular weight is 664 g/mol. The molecule has 4 aromatic carbocycles. The first kappa shape index (κ1) is 33.6. The molecule has 6 rings (SSSR count). The van der Waals surface area contributed by atoms with E-state index in [0.29, 0.717) is 22.6 Å². The summed E-state index contributed by atoms with van der Waals surface area (Å²) in [6, 6.07) is 33.2. The van der Waals surface area contributed by atoms with Gasteiger partial charge in [-0.2, -0.15) is 4.98 Å². The van der Waals surface area contributed by atoms with E-state index in [4.69, 9.17) is 18.9 Å². The minimum Gasteiger partial charge on any atom is -0.497 e. The van der Waals surface area contributed by atoms with E-state index in [1.54, 1.807) is 51.5 Å². The van der Waals surface area contributed by atoms with E-state index in [0.717, 1.165) is 21.3 Å². The second-order valence-electron chi connectivity index (χ2n) is 11.6. The number of aryl methyl sites for hydroxylation is 1. The first-order chi connectivity index (χ1) is 23.7. The lowest BCUT2D eigenvalue weighted by atomic mass is 9.80. The van der Waals surface area contributed by atoms with Crippen molar-refractivity contribution in [3.05, 3.63) is 154 Å². The average Bonchev–Trinajstić information content (AvgIpc) is 3.43. The highest BCUT2D eigenvalue weighted by Crippen LogP contribution is 2.42. The van der Waals surface area contributed by atoms with E-state index in [1.165, 1.54) is 6.20 Å². The minimum absolute atomic E-state index is 0.0784. The number of nitrogens with one attached hydrogen (secondary N) is 1. The lowest BCUT2D eigenvalue weighted by Crippen LogP contribution is -2.39. The summed E-state index contributed by atoms with van der Waals surface area (Å²) in [5.41, 5.74) is 1.25. The topological polar surface area (TPSA) is 141 Å². The Bertz CT molecular complexity index is 1890. The van der Waals surface area contributed by atoms with Crippen molar-refractivity contribution in [2.75, 3.05) is 26.1 Å². The van der Waals surface area contributed by atoms with E-state index in [1.807, 2.05) is 78.9 Å². The maximum absolute atomic E-state index is 13.2. The maximum Gasteiger partial charge on any atom is 0.351 e. The highest BCUT2D eigenvalue weighted by molar-refractivity contribution is 6.04. The number of carbonyl (C=O) groups excluding carboxylic acids is 1. The van der Waals surface area contributed by atoms with Crippen LogP contribution in [0.2, 0.25) is 0 Å².